The van der Waals surface area contributed by atoms with Gasteiger partial charge in [-0.15, -0.1) is 0 Å². The van der Waals surface area contributed by atoms with E-state index in [1.165, 1.54) is 0 Å². The minimum atomic E-state index is -0.538. The van der Waals surface area contributed by atoms with E-state index in [9.17, 15) is 9.59 Å². The second-order valence-electron chi connectivity index (χ2n) is 5.06. The van der Waals surface area contributed by atoms with Crippen molar-refractivity contribution in [2.45, 2.75) is 6.92 Å². The molecule has 2 rings (SSSR count). The fourth-order valence-corrected chi connectivity index (χ4v) is 2.13. The molecule has 0 fully saturated rings. The predicted octanol–water partition coefficient (Wildman–Crippen LogP) is 3.82. The highest BCUT2D eigenvalue weighted by Gasteiger charge is 2.06. The molecule has 0 saturated heterocycles. The summed E-state index contributed by atoms with van der Waals surface area (Å²) in [5, 5.41) is 0. The number of esters is 2. The summed E-state index contributed by atoms with van der Waals surface area (Å²) in [7, 11) is 0. The largest absolute Gasteiger partial charge is 0.457 e. The Morgan fingerprint density at radius 1 is 0.960 bits per heavy atom. The molecule has 0 aliphatic rings. The molecule has 0 atom stereocenters. The van der Waals surface area contributed by atoms with Gasteiger partial charge in [0.05, 0.1) is 0 Å². The SMILES string of the molecule is C=CC(=O)OCOc1ccc(-c2ccc(OC(=O)C=C)cc2C)cc1. The van der Waals surface area contributed by atoms with Crippen LogP contribution in [0, 0.1) is 6.92 Å². The zero-order valence-electron chi connectivity index (χ0n) is 13.9. The zero-order chi connectivity index (χ0) is 18.2. The molecule has 0 aromatic heterocycles. The summed E-state index contributed by atoms with van der Waals surface area (Å²) in [6, 6.07) is 12.7. The molecular formula is C20H18O5. The molecule has 2 aromatic carbocycles. The number of carbonyl (C=O) groups is 2. The summed E-state index contributed by atoms with van der Waals surface area (Å²) < 4.78 is 15.2. The van der Waals surface area contributed by atoms with Crippen LogP contribution in [0.15, 0.2) is 67.8 Å². The summed E-state index contributed by atoms with van der Waals surface area (Å²) in [5.41, 5.74) is 2.94. The summed E-state index contributed by atoms with van der Waals surface area (Å²) in [4.78, 5) is 22.2. The lowest BCUT2D eigenvalue weighted by Gasteiger charge is -2.10. The molecule has 0 radical (unpaired) electrons. The second kappa shape index (κ2) is 8.49. The van der Waals surface area contributed by atoms with Gasteiger partial charge in [-0.1, -0.05) is 31.4 Å². The van der Waals surface area contributed by atoms with Crippen molar-refractivity contribution < 1.29 is 23.8 Å². The topological polar surface area (TPSA) is 61.8 Å². The van der Waals surface area contributed by atoms with Crippen LogP contribution in [0.4, 0.5) is 0 Å². The Morgan fingerprint density at radius 3 is 2.20 bits per heavy atom. The quantitative estimate of drug-likeness (QED) is 0.332. The van der Waals surface area contributed by atoms with E-state index in [2.05, 4.69) is 13.2 Å². The van der Waals surface area contributed by atoms with Gasteiger partial charge in [0.2, 0.25) is 6.79 Å². The highest BCUT2D eigenvalue weighted by Crippen LogP contribution is 2.28. The van der Waals surface area contributed by atoms with E-state index in [1.54, 1.807) is 24.3 Å². The van der Waals surface area contributed by atoms with Gasteiger partial charge in [0.15, 0.2) is 0 Å². The Bertz CT molecular complexity index is 790. The number of hydrogen-bond donors (Lipinski definition) is 0. The highest BCUT2D eigenvalue weighted by atomic mass is 16.7. The average molecular weight is 338 g/mol. The standard InChI is InChI=1S/C20H18O5/c1-4-19(21)24-13-23-16-8-6-15(7-9-16)18-11-10-17(12-14(18)3)25-20(22)5-2/h4-12H,1-2,13H2,3H3. The molecule has 0 amide bonds. The third kappa shape index (κ3) is 5.07. The van der Waals surface area contributed by atoms with Crippen LogP contribution in [0.5, 0.6) is 11.5 Å². The molecular weight excluding hydrogens is 320 g/mol. The second-order valence-corrected chi connectivity index (χ2v) is 5.06. The van der Waals surface area contributed by atoms with Crippen molar-refractivity contribution in [1.82, 2.24) is 0 Å². The Labute approximate surface area is 146 Å². The van der Waals surface area contributed by atoms with Gasteiger partial charge < -0.3 is 14.2 Å². The third-order valence-corrected chi connectivity index (χ3v) is 3.34. The first-order valence-corrected chi connectivity index (χ1v) is 7.51. The summed E-state index contributed by atoms with van der Waals surface area (Å²) in [6.07, 6.45) is 2.19. The number of aryl methyl sites for hydroxylation is 1. The van der Waals surface area contributed by atoms with E-state index < -0.39 is 11.9 Å². The van der Waals surface area contributed by atoms with Crippen LogP contribution in [0.3, 0.4) is 0 Å². The maximum Gasteiger partial charge on any atom is 0.335 e. The first-order chi connectivity index (χ1) is 12.0. The maximum absolute atomic E-state index is 11.2. The lowest BCUT2D eigenvalue weighted by Crippen LogP contribution is -2.07. The highest BCUT2D eigenvalue weighted by molar-refractivity contribution is 5.83. The molecule has 25 heavy (non-hydrogen) atoms. The Kier molecular flexibility index (Phi) is 6.12. The molecule has 0 unspecified atom stereocenters. The number of ether oxygens (including phenoxy) is 3. The number of benzene rings is 2. The third-order valence-electron chi connectivity index (χ3n) is 3.34. The molecule has 0 spiro atoms. The van der Waals surface area contributed by atoms with E-state index in [1.807, 2.05) is 25.1 Å². The fourth-order valence-electron chi connectivity index (χ4n) is 2.13. The molecule has 5 heteroatoms. The predicted molar refractivity (Wildman–Crippen MR) is 94.2 cm³/mol. The van der Waals surface area contributed by atoms with Gasteiger partial charge >= 0.3 is 11.9 Å². The van der Waals surface area contributed by atoms with Crippen molar-refractivity contribution in [3.8, 4) is 22.6 Å². The van der Waals surface area contributed by atoms with E-state index >= 15 is 0 Å². The Balaban J connectivity index is 2.06. The maximum atomic E-state index is 11.2. The lowest BCUT2D eigenvalue weighted by molar-refractivity contribution is -0.144. The van der Waals surface area contributed by atoms with Gasteiger partial charge in [0, 0.05) is 12.2 Å². The monoisotopic (exact) mass is 338 g/mol. The van der Waals surface area contributed by atoms with E-state index in [0.29, 0.717) is 11.5 Å². The number of hydrogen-bond acceptors (Lipinski definition) is 5. The van der Waals surface area contributed by atoms with Crippen molar-refractivity contribution in [2.75, 3.05) is 6.79 Å². The van der Waals surface area contributed by atoms with Gasteiger partial charge in [-0.2, -0.15) is 0 Å². The van der Waals surface area contributed by atoms with Gasteiger partial charge in [-0.25, -0.2) is 9.59 Å². The first-order valence-electron chi connectivity index (χ1n) is 7.51. The van der Waals surface area contributed by atoms with Gasteiger partial charge in [-0.3, -0.25) is 0 Å². The van der Waals surface area contributed by atoms with Crippen LogP contribution in [-0.2, 0) is 14.3 Å². The van der Waals surface area contributed by atoms with Crippen LogP contribution < -0.4 is 9.47 Å². The van der Waals surface area contributed by atoms with Crippen LogP contribution in [0.2, 0.25) is 0 Å². The molecule has 0 bridgehead atoms. The molecule has 128 valence electrons. The average Bonchev–Trinajstić information content (AvgIpc) is 2.62. The summed E-state index contributed by atoms with van der Waals surface area (Å²) >= 11 is 0. The number of rotatable bonds is 7. The molecule has 2 aromatic rings. The molecule has 5 nitrogen and oxygen atoms in total. The summed E-state index contributed by atoms with van der Waals surface area (Å²) in [5.74, 6) is 0.0141. The Hall–Kier alpha value is -3.34. The van der Waals surface area contributed by atoms with Crippen LogP contribution >= 0.6 is 0 Å². The molecule has 0 aliphatic heterocycles. The summed E-state index contributed by atoms with van der Waals surface area (Å²) in [6.45, 7) is 8.43. The van der Waals surface area contributed by atoms with Crippen molar-refractivity contribution in [1.29, 1.82) is 0 Å². The van der Waals surface area contributed by atoms with Crippen LogP contribution in [0.25, 0.3) is 11.1 Å². The van der Waals surface area contributed by atoms with E-state index in [4.69, 9.17) is 14.2 Å². The van der Waals surface area contributed by atoms with Crippen molar-refractivity contribution in [2.24, 2.45) is 0 Å². The fraction of sp³-hybridized carbons (Fsp3) is 0.100. The minimum absolute atomic E-state index is 0.174. The Morgan fingerprint density at radius 2 is 1.60 bits per heavy atom. The number of carbonyl (C=O) groups excluding carboxylic acids is 2. The van der Waals surface area contributed by atoms with Crippen LogP contribution in [-0.4, -0.2) is 18.7 Å². The van der Waals surface area contributed by atoms with Crippen LogP contribution in [0.1, 0.15) is 5.56 Å². The molecule has 0 saturated carbocycles. The van der Waals surface area contributed by atoms with Crippen molar-refractivity contribution in [3.63, 3.8) is 0 Å². The molecule has 0 heterocycles. The van der Waals surface area contributed by atoms with E-state index in [0.717, 1.165) is 28.8 Å². The van der Waals surface area contributed by atoms with Gasteiger partial charge in [0.1, 0.15) is 11.5 Å². The van der Waals surface area contributed by atoms with E-state index in [-0.39, 0.29) is 6.79 Å². The first kappa shape index (κ1) is 18.0. The molecule has 0 aliphatic carbocycles. The smallest absolute Gasteiger partial charge is 0.335 e. The molecule has 0 N–H and O–H groups in total. The zero-order valence-corrected chi connectivity index (χ0v) is 13.9. The van der Waals surface area contributed by atoms with Gasteiger partial charge in [0.25, 0.3) is 0 Å². The normalized spacial score (nSPS) is 9.80. The lowest BCUT2D eigenvalue weighted by atomic mass is 10.0. The minimum Gasteiger partial charge on any atom is -0.457 e. The van der Waals surface area contributed by atoms with Crippen molar-refractivity contribution >= 4 is 11.9 Å². The van der Waals surface area contributed by atoms with Gasteiger partial charge in [-0.05, 0) is 47.9 Å². The van der Waals surface area contributed by atoms with Crippen molar-refractivity contribution in [3.05, 3.63) is 73.3 Å².